The molecule has 0 fully saturated rings. The van der Waals surface area contributed by atoms with Crippen molar-refractivity contribution in [1.82, 2.24) is 5.32 Å². The molecular formula is C19H24N2O2S2. The van der Waals surface area contributed by atoms with Gasteiger partial charge in [-0.25, -0.2) is 0 Å². The maximum Gasteiger partial charge on any atom is 0.170 e. The number of thiocarbonyl (C=S) groups is 1. The molecule has 2 aromatic carbocycles. The Hall–Kier alpha value is -1.92. The second-order valence-electron chi connectivity index (χ2n) is 5.49. The molecule has 4 nitrogen and oxygen atoms in total. The van der Waals surface area contributed by atoms with Gasteiger partial charge in [0.05, 0.1) is 19.9 Å². The third-order valence-electron chi connectivity index (χ3n) is 3.58. The molecule has 6 heteroatoms. The molecule has 0 unspecified atom stereocenters. The van der Waals surface area contributed by atoms with Crippen LogP contribution in [-0.2, 0) is 5.75 Å². The van der Waals surface area contributed by atoms with E-state index in [9.17, 15) is 0 Å². The van der Waals surface area contributed by atoms with Crippen LogP contribution < -0.4 is 20.1 Å². The third kappa shape index (κ3) is 6.48. The minimum atomic E-state index is 0.583. The monoisotopic (exact) mass is 376 g/mol. The average Bonchev–Trinajstić information content (AvgIpc) is 2.63. The van der Waals surface area contributed by atoms with Crippen LogP contribution in [0.2, 0.25) is 0 Å². The van der Waals surface area contributed by atoms with Gasteiger partial charge in [0.2, 0.25) is 0 Å². The molecule has 0 spiro atoms. The largest absolute Gasteiger partial charge is 0.497 e. The first-order valence-corrected chi connectivity index (χ1v) is 9.59. The fraction of sp³-hybridized carbons (Fsp3) is 0.316. The Balaban J connectivity index is 1.71. The van der Waals surface area contributed by atoms with Crippen molar-refractivity contribution in [1.29, 1.82) is 0 Å². The molecule has 0 aliphatic rings. The summed E-state index contributed by atoms with van der Waals surface area (Å²) < 4.78 is 10.5. The first kappa shape index (κ1) is 19.4. The zero-order valence-corrected chi connectivity index (χ0v) is 16.4. The van der Waals surface area contributed by atoms with Crippen LogP contribution in [0.3, 0.4) is 0 Å². The molecule has 2 rings (SSSR count). The van der Waals surface area contributed by atoms with Crippen LogP contribution in [-0.4, -0.2) is 31.6 Å². The first-order valence-electron chi connectivity index (χ1n) is 8.02. The van der Waals surface area contributed by atoms with Gasteiger partial charge in [0.15, 0.2) is 5.11 Å². The molecule has 0 aromatic heterocycles. The molecule has 134 valence electrons. The highest BCUT2D eigenvalue weighted by molar-refractivity contribution is 7.98. The first-order chi connectivity index (χ1) is 12.1. The fourth-order valence-corrected chi connectivity index (χ4v) is 3.21. The van der Waals surface area contributed by atoms with Gasteiger partial charge in [-0.2, -0.15) is 11.8 Å². The Morgan fingerprint density at radius 3 is 2.52 bits per heavy atom. The summed E-state index contributed by atoms with van der Waals surface area (Å²) in [5.74, 6) is 3.43. The average molecular weight is 377 g/mol. The maximum atomic E-state index is 5.36. The van der Waals surface area contributed by atoms with Crippen molar-refractivity contribution in [2.75, 3.05) is 31.8 Å². The van der Waals surface area contributed by atoms with Crippen LogP contribution in [0, 0.1) is 6.92 Å². The molecule has 2 aromatic rings. The Bertz CT molecular complexity index is 690. The summed E-state index contributed by atoms with van der Waals surface area (Å²) in [5.41, 5.74) is 3.45. The number of rotatable bonds is 8. The minimum Gasteiger partial charge on any atom is -0.497 e. The molecule has 0 saturated heterocycles. The van der Waals surface area contributed by atoms with E-state index in [0.29, 0.717) is 10.9 Å². The standard InChI is InChI=1S/C19H24N2O2S2/c1-14-4-6-15(7-5-14)13-25-11-10-20-19(24)21-17-9-8-16(22-2)12-18(17)23-3/h4-9,12H,10-11,13H2,1-3H3,(H2,20,21,24). The number of methoxy groups -OCH3 is 2. The normalized spacial score (nSPS) is 10.2. The van der Waals surface area contributed by atoms with E-state index in [1.165, 1.54) is 11.1 Å². The number of benzene rings is 2. The van der Waals surface area contributed by atoms with E-state index in [-0.39, 0.29) is 0 Å². The summed E-state index contributed by atoms with van der Waals surface area (Å²) in [4.78, 5) is 0. The highest BCUT2D eigenvalue weighted by atomic mass is 32.2. The maximum absolute atomic E-state index is 5.36. The van der Waals surface area contributed by atoms with Crippen LogP contribution in [0.4, 0.5) is 5.69 Å². The number of anilines is 1. The summed E-state index contributed by atoms with van der Waals surface area (Å²) in [5, 5.41) is 6.96. The summed E-state index contributed by atoms with van der Waals surface area (Å²) in [6.07, 6.45) is 0. The Morgan fingerprint density at radius 1 is 1.08 bits per heavy atom. The van der Waals surface area contributed by atoms with Gasteiger partial charge in [0.25, 0.3) is 0 Å². The highest BCUT2D eigenvalue weighted by Gasteiger charge is 2.06. The molecule has 0 bridgehead atoms. The smallest absolute Gasteiger partial charge is 0.170 e. The lowest BCUT2D eigenvalue weighted by Crippen LogP contribution is -2.30. The van der Waals surface area contributed by atoms with E-state index >= 15 is 0 Å². The zero-order chi connectivity index (χ0) is 18.1. The lowest BCUT2D eigenvalue weighted by atomic mass is 10.2. The second-order valence-corrected chi connectivity index (χ2v) is 7.00. The summed E-state index contributed by atoms with van der Waals surface area (Å²) in [6, 6.07) is 14.2. The van der Waals surface area contributed by atoms with Gasteiger partial charge in [-0.05, 0) is 36.8 Å². The quantitative estimate of drug-likeness (QED) is 0.531. The number of hydrogen-bond acceptors (Lipinski definition) is 4. The Kier molecular flexibility index (Phi) is 7.88. The minimum absolute atomic E-state index is 0.583. The van der Waals surface area contributed by atoms with E-state index in [4.69, 9.17) is 21.7 Å². The van der Waals surface area contributed by atoms with E-state index in [0.717, 1.165) is 29.5 Å². The summed E-state index contributed by atoms with van der Waals surface area (Å²) in [7, 11) is 3.25. The highest BCUT2D eigenvalue weighted by Crippen LogP contribution is 2.28. The van der Waals surface area contributed by atoms with Crippen LogP contribution in [0.25, 0.3) is 0 Å². The van der Waals surface area contributed by atoms with Gasteiger partial charge < -0.3 is 20.1 Å². The molecule has 2 N–H and O–H groups in total. The van der Waals surface area contributed by atoms with Crippen LogP contribution in [0.5, 0.6) is 11.5 Å². The van der Waals surface area contributed by atoms with Gasteiger partial charge in [-0.15, -0.1) is 0 Å². The summed E-state index contributed by atoms with van der Waals surface area (Å²) >= 11 is 7.23. The fourth-order valence-electron chi connectivity index (χ4n) is 2.18. The molecule has 0 saturated carbocycles. The number of nitrogens with one attached hydrogen (secondary N) is 2. The number of aryl methyl sites for hydroxylation is 1. The third-order valence-corrected chi connectivity index (χ3v) is 4.85. The molecule has 0 aliphatic carbocycles. The lowest BCUT2D eigenvalue weighted by molar-refractivity contribution is 0.395. The van der Waals surface area contributed by atoms with Gasteiger partial charge >= 0.3 is 0 Å². The van der Waals surface area contributed by atoms with Crippen LogP contribution >= 0.6 is 24.0 Å². The van der Waals surface area contributed by atoms with Crippen LogP contribution in [0.15, 0.2) is 42.5 Å². The van der Waals surface area contributed by atoms with Crippen molar-refractivity contribution < 1.29 is 9.47 Å². The molecule has 0 aliphatic heterocycles. The SMILES string of the molecule is COc1ccc(NC(=S)NCCSCc2ccc(C)cc2)c(OC)c1. The van der Waals surface area contributed by atoms with Gasteiger partial charge in [-0.1, -0.05) is 29.8 Å². The Labute approximate surface area is 159 Å². The van der Waals surface area contributed by atoms with Crippen molar-refractivity contribution in [3.8, 4) is 11.5 Å². The molecule has 25 heavy (non-hydrogen) atoms. The predicted molar refractivity (Wildman–Crippen MR) is 111 cm³/mol. The van der Waals surface area contributed by atoms with Crippen molar-refractivity contribution in [2.45, 2.75) is 12.7 Å². The van der Waals surface area contributed by atoms with E-state index in [2.05, 4.69) is 41.8 Å². The van der Waals surface area contributed by atoms with E-state index in [1.54, 1.807) is 14.2 Å². The number of hydrogen-bond donors (Lipinski definition) is 2. The Morgan fingerprint density at radius 2 is 1.84 bits per heavy atom. The lowest BCUT2D eigenvalue weighted by Gasteiger charge is -2.14. The van der Waals surface area contributed by atoms with Crippen molar-refractivity contribution in [3.05, 3.63) is 53.6 Å². The number of ether oxygens (including phenoxy) is 2. The zero-order valence-electron chi connectivity index (χ0n) is 14.8. The molecule has 0 atom stereocenters. The van der Waals surface area contributed by atoms with E-state index < -0.39 is 0 Å². The predicted octanol–water partition coefficient (Wildman–Crippen LogP) is 4.23. The van der Waals surface area contributed by atoms with Crippen LogP contribution in [0.1, 0.15) is 11.1 Å². The molecule has 0 amide bonds. The van der Waals surface area contributed by atoms with Gasteiger partial charge in [-0.3, -0.25) is 0 Å². The molecular weight excluding hydrogens is 352 g/mol. The van der Waals surface area contributed by atoms with Crippen molar-refractivity contribution >= 4 is 34.8 Å². The van der Waals surface area contributed by atoms with Crippen molar-refractivity contribution in [3.63, 3.8) is 0 Å². The second kappa shape index (κ2) is 10.2. The van der Waals surface area contributed by atoms with E-state index in [1.807, 2.05) is 30.0 Å². The van der Waals surface area contributed by atoms with Gasteiger partial charge in [0, 0.05) is 24.1 Å². The van der Waals surface area contributed by atoms with Crippen molar-refractivity contribution in [2.24, 2.45) is 0 Å². The number of thioether (sulfide) groups is 1. The summed E-state index contributed by atoms with van der Waals surface area (Å²) in [6.45, 7) is 2.91. The molecule has 0 heterocycles. The van der Waals surface area contributed by atoms with Gasteiger partial charge in [0.1, 0.15) is 11.5 Å². The molecule has 0 radical (unpaired) electrons. The topological polar surface area (TPSA) is 42.5 Å².